The summed E-state index contributed by atoms with van der Waals surface area (Å²) in [6.07, 6.45) is 4.54. The highest BCUT2D eigenvalue weighted by Gasteiger charge is 2.47. The molecule has 4 nitrogen and oxygen atoms in total. The van der Waals surface area contributed by atoms with Crippen LogP contribution in [0.5, 0.6) is 0 Å². The summed E-state index contributed by atoms with van der Waals surface area (Å²) in [5.41, 5.74) is -0.908. The highest BCUT2D eigenvalue weighted by atomic mass is 16.7. The van der Waals surface area contributed by atoms with E-state index in [0.717, 1.165) is 43.8 Å². The molecular weight excluding hydrogens is 254 g/mol. The maximum Gasteiger partial charge on any atom is 0.159 e. The van der Waals surface area contributed by atoms with Gasteiger partial charge in [-0.1, -0.05) is 11.8 Å². The summed E-state index contributed by atoms with van der Waals surface area (Å²) < 4.78 is 11.3. The van der Waals surface area contributed by atoms with Crippen LogP contribution in [-0.2, 0) is 14.7 Å². The smallest absolute Gasteiger partial charge is 0.159 e. The van der Waals surface area contributed by atoms with Gasteiger partial charge in [0.15, 0.2) is 6.29 Å². The predicted octanol–water partition coefficient (Wildman–Crippen LogP) is 2.90. The molecule has 3 atom stereocenters. The molecule has 2 rings (SSSR count). The van der Waals surface area contributed by atoms with Crippen molar-refractivity contribution in [2.75, 3.05) is 6.61 Å². The van der Waals surface area contributed by atoms with Crippen molar-refractivity contribution in [1.82, 2.24) is 5.06 Å². The van der Waals surface area contributed by atoms with Crippen molar-refractivity contribution in [2.24, 2.45) is 0 Å². The Morgan fingerprint density at radius 3 is 2.60 bits per heavy atom. The SMILES string of the molecule is CC(C#CC1(C)CCC(C)(C)N1[O])OC1CCCCO1. The maximum atomic E-state index is 12.3. The van der Waals surface area contributed by atoms with Crippen LogP contribution in [0.1, 0.15) is 59.8 Å². The fourth-order valence-electron chi connectivity index (χ4n) is 2.87. The highest BCUT2D eigenvalue weighted by molar-refractivity contribution is 5.21. The summed E-state index contributed by atoms with van der Waals surface area (Å²) >= 11 is 0. The van der Waals surface area contributed by atoms with Crippen molar-refractivity contribution in [1.29, 1.82) is 0 Å². The van der Waals surface area contributed by atoms with E-state index in [1.165, 1.54) is 0 Å². The first-order chi connectivity index (χ1) is 9.33. The Labute approximate surface area is 122 Å². The maximum absolute atomic E-state index is 12.3. The van der Waals surface area contributed by atoms with Gasteiger partial charge in [-0.3, -0.25) is 0 Å². The molecule has 1 radical (unpaired) electrons. The second kappa shape index (κ2) is 6.03. The van der Waals surface area contributed by atoms with Crippen molar-refractivity contribution in [2.45, 2.75) is 83.3 Å². The van der Waals surface area contributed by atoms with E-state index in [1.54, 1.807) is 0 Å². The minimum absolute atomic E-state index is 0.135. The molecule has 2 fully saturated rings. The summed E-state index contributed by atoms with van der Waals surface area (Å²) in [6.45, 7) is 8.56. The zero-order valence-corrected chi connectivity index (χ0v) is 13.1. The van der Waals surface area contributed by atoms with E-state index in [4.69, 9.17) is 9.47 Å². The molecule has 2 heterocycles. The average Bonchev–Trinajstić information content (AvgIpc) is 2.63. The Balaban J connectivity index is 1.92. The van der Waals surface area contributed by atoms with Crippen molar-refractivity contribution in [3.05, 3.63) is 0 Å². The van der Waals surface area contributed by atoms with E-state index in [1.807, 2.05) is 27.7 Å². The Morgan fingerprint density at radius 2 is 2.05 bits per heavy atom. The van der Waals surface area contributed by atoms with Gasteiger partial charge in [-0.15, -0.1) is 10.3 Å². The Bertz CT molecular complexity index is 392. The van der Waals surface area contributed by atoms with Crippen molar-refractivity contribution >= 4 is 0 Å². The van der Waals surface area contributed by atoms with Gasteiger partial charge in [0.05, 0.1) is 0 Å². The van der Waals surface area contributed by atoms with E-state index >= 15 is 0 Å². The summed E-state index contributed by atoms with van der Waals surface area (Å²) in [5.74, 6) is 6.22. The fraction of sp³-hybridized carbons (Fsp3) is 0.875. The predicted molar refractivity (Wildman–Crippen MR) is 76.2 cm³/mol. The number of hydrogen-bond donors (Lipinski definition) is 0. The molecule has 2 aliphatic heterocycles. The van der Waals surface area contributed by atoms with E-state index in [0.29, 0.717) is 0 Å². The summed E-state index contributed by atoms with van der Waals surface area (Å²) in [4.78, 5) is 0. The third-order valence-electron chi connectivity index (χ3n) is 4.26. The zero-order chi connectivity index (χ0) is 14.8. The number of rotatable bonds is 2. The van der Waals surface area contributed by atoms with Gasteiger partial charge in [-0.2, -0.15) is 0 Å². The lowest BCUT2D eigenvalue weighted by molar-refractivity contribution is -0.234. The van der Waals surface area contributed by atoms with E-state index < -0.39 is 5.54 Å². The van der Waals surface area contributed by atoms with Gasteiger partial charge in [0.2, 0.25) is 0 Å². The van der Waals surface area contributed by atoms with Gasteiger partial charge in [0.25, 0.3) is 0 Å². The Hall–Kier alpha value is -0.600. The topological polar surface area (TPSA) is 41.6 Å². The normalized spacial score (nSPS) is 35.4. The molecular formula is C16H26NO3. The van der Waals surface area contributed by atoms with Crippen LogP contribution in [0.25, 0.3) is 0 Å². The van der Waals surface area contributed by atoms with Gasteiger partial charge in [0.1, 0.15) is 11.6 Å². The van der Waals surface area contributed by atoms with Crippen LogP contribution in [0.4, 0.5) is 0 Å². The molecule has 3 unspecified atom stereocenters. The van der Waals surface area contributed by atoms with E-state index in [-0.39, 0.29) is 17.9 Å². The Kier molecular flexibility index (Phi) is 4.76. The third kappa shape index (κ3) is 3.53. The summed E-state index contributed by atoms with van der Waals surface area (Å²) in [6, 6.07) is 0. The van der Waals surface area contributed by atoms with Gasteiger partial charge in [0, 0.05) is 12.1 Å². The van der Waals surface area contributed by atoms with Crippen LogP contribution in [0.2, 0.25) is 0 Å². The fourth-order valence-corrected chi connectivity index (χ4v) is 2.87. The van der Waals surface area contributed by atoms with Gasteiger partial charge in [-0.25, -0.2) is 0 Å². The molecule has 20 heavy (non-hydrogen) atoms. The molecule has 4 heteroatoms. The standard InChI is InChI=1S/C16H26NO3/c1-13(20-14-7-5-6-12-19-14)8-9-16(4)11-10-15(2,3)17(16)18/h13-14H,5-7,10-12H2,1-4H3. The Morgan fingerprint density at radius 1 is 1.30 bits per heavy atom. The van der Waals surface area contributed by atoms with Crippen molar-refractivity contribution in [3.8, 4) is 11.8 Å². The zero-order valence-electron chi connectivity index (χ0n) is 13.1. The molecule has 0 aromatic carbocycles. The monoisotopic (exact) mass is 280 g/mol. The molecule has 113 valence electrons. The number of hydroxylamine groups is 2. The number of hydrogen-bond acceptors (Lipinski definition) is 3. The largest absolute Gasteiger partial charge is 0.353 e. The van der Waals surface area contributed by atoms with Crippen LogP contribution >= 0.6 is 0 Å². The molecule has 0 aromatic rings. The van der Waals surface area contributed by atoms with Gasteiger partial charge < -0.3 is 9.47 Å². The molecule has 0 aliphatic carbocycles. The lowest BCUT2D eigenvalue weighted by atomic mass is 9.99. The van der Waals surface area contributed by atoms with Crippen LogP contribution in [0, 0.1) is 11.8 Å². The molecule has 0 spiro atoms. The third-order valence-corrected chi connectivity index (χ3v) is 4.26. The molecule has 2 aliphatic rings. The van der Waals surface area contributed by atoms with Crippen molar-refractivity contribution < 1.29 is 14.7 Å². The van der Waals surface area contributed by atoms with E-state index in [2.05, 4.69) is 11.8 Å². The number of ether oxygens (including phenoxy) is 2. The number of nitrogens with zero attached hydrogens (tertiary/aromatic N) is 1. The van der Waals surface area contributed by atoms with Crippen LogP contribution in [0.15, 0.2) is 0 Å². The van der Waals surface area contributed by atoms with Crippen LogP contribution in [-0.4, -0.2) is 35.1 Å². The van der Waals surface area contributed by atoms with Crippen LogP contribution in [0.3, 0.4) is 0 Å². The first-order valence-electron chi connectivity index (χ1n) is 7.61. The molecule has 2 saturated heterocycles. The van der Waals surface area contributed by atoms with Gasteiger partial charge in [-0.05, 0) is 59.8 Å². The van der Waals surface area contributed by atoms with E-state index in [9.17, 15) is 5.21 Å². The lowest BCUT2D eigenvalue weighted by Crippen LogP contribution is -2.45. The minimum Gasteiger partial charge on any atom is -0.353 e. The second-order valence-corrected chi connectivity index (χ2v) is 6.72. The molecule has 0 aromatic heterocycles. The quantitative estimate of drug-likeness (QED) is 0.730. The lowest BCUT2D eigenvalue weighted by Gasteiger charge is -2.31. The molecule has 0 amide bonds. The summed E-state index contributed by atoms with van der Waals surface area (Å²) in [5, 5.41) is 13.4. The minimum atomic E-state index is -0.589. The van der Waals surface area contributed by atoms with Crippen LogP contribution < -0.4 is 0 Å². The summed E-state index contributed by atoms with van der Waals surface area (Å²) in [7, 11) is 0. The average molecular weight is 280 g/mol. The molecule has 0 N–H and O–H groups in total. The van der Waals surface area contributed by atoms with Crippen molar-refractivity contribution in [3.63, 3.8) is 0 Å². The first-order valence-corrected chi connectivity index (χ1v) is 7.61. The first kappa shape index (κ1) is 15.8. The highest BCUT2D eigenvalue weighted by Crippen LogP contribution is 2.38. The second-order valence-electron chi connectivity index (χ2n) is 6.72. The van der Waals surface area contributed by atoms with Gasteiger partial charge >= 0.3 is 0 Å². The molecule has 0 bridgehead atoms. The molecule has 0 saturated carbocycles.